The Balaban J connectivity index is 2.34. The van der Waals surface area contributed by atoms with Crippen molar-refractivity contribution in [1.82, 2.24) is 30.2 Å². The van der Waals surface area contributed by atoms with Gasteiger partial charge < -0.3 is 128 Å². The molecule has 3 aromatic rings. The second-order valence-electron chi connectivity index (χ2n) is 21.6. The number of carbonyl (C=O) groups excluding carboxylic acids is 9. The number of methoxy groups -OCH3 is 1. The lowest BCUT2D eigenvalue weighted by atomic mass is 9.99. The van der Waals surface area contributed by atoms with Gasteiger partial charge in [-0.15, -0.1) is 0 Å². The van der Waals surface area contributed by atoms with Crippen LogP contribution in [0.25, 0.3) is 0 Å². The molecule has 548 valence electrons. The monoisotopic (exact) mass is 2290 g/mol. The van der Waals surface area contributed by atoms with Crippen molar-refractivity contribution in [1.29, 1.82) is 0 Å². The smallest absolute Gasteiger partial charge is 0.256 e. The molecule has 42 heteroatoms. The SMILES string of the molecule is COCC(O)C(O)C(=O)Nc1c(I)c(C(=O)NCCCN(CC(O)CNC(=O)c2c(I)c(NC(=O)C(O)C(O)CO)c(I)c(C(=O)N(C)CC(O)CO)c2I)C(=O)c2c(C)c(NC(=O)C(O)C(O)CO)c(I)c(C(=O)N(C)CC(O)CO)c2I)c(I)c(C(=O)N(C)CC(O)CO)c1I. The Labute approximate surface area is 669 Å². The van der Waals surface area contributed by atoms with Gasteiger partial charge in [-0.25, -0.2) is 0 Å². The molecule has 10 unspecified atom stereocenters. The number of ether oxygens (including phenoxy) is 1. The lowest BCUT2D eigenvalue weighted by Gasteiger charge is -2.29. The number of nitrogens with one attached hydrogen (secondary N) is 5. The van der Waals surface area contributed by atoms with E-state index in [2.05, 4.69) is 26.6 Å². The van der Waals surface area contributed by atoms with Gasteiger partial charge in [-0.2, -0.15) is 0 Å². The van der Waals surface area contributed by atoms with Gasteiger partial charge >= 0.3 is 0 Å². The highest BCUT2D eigenvalue weighted by atomic mass is 127. The summed E-state index contributed by atoms with van der Waals surface area (Å²) in [5.41, 5.74) is -2.35. The minimum Gasteiger partial charge on any atom is -0.394 e. The minimum atomic E-state index is -2.27. The molecular formula is C56H73I8N9O25. The van der Waals surface area contributed by atoms with Crippen molar-refractivity contribution < 1.29 is 124 Å². The number of hydrogen-bond donors (Lipinski definition) is 20. The number of aliphatic hydroxyl groups is 15. The van der Waals surface area contributed by atoms with Crippen LogP contribution in [0.15, 0.2) is 0 Å². The van der Waals surface area contributed by atoms with E-state index in [1.165, 1.54) is 35.2 Å². The van der Waals surface area contributed by atoms with Crippen LogP contribution in [0.1, 0.15) is 74.1 Å². The summed E-state index contributed by atoms with van der Waals surface area (Å²) in [4.78, 5) is 132. The van der Waals surface area contributed by atoms with Gasteiger partial charge in [-0.1, -0.05) is 0 Å². The minimum absolute atomic E-state index is 0.0106. The molecule has 0 bridgehead atoms. The molecule has 20 N–H and O–H groups in total. The van der Waals surface area contributed by atoms with Gasteiger partial charge in [0.1, 0.15) is 18.3 Å². The van der Waals surface area contributed by atoms with Crippen LogP contribution >= 0.6 is 181 Å². The Morgan fingerprint density at radius 3 is 1.09 bits per heavy atom. The highest BCUT2D eigenvalue weighted by Gasteiger charge is 2.38. The molecule has 0 spiro atoms. The summed E-state index contributed by atoms with van der Waals surface area (Å²) in [6.45, 7) is -7.05. The van der Waals surface area contributed by atoms with Gasteiger partial charge in [-0.3, -0.25) is 43.2 Å². The van der Waals surface area contributed by atoms with Crippen molar-refractivity contribution in [3.05, 3.63) is 67.5 Å². The van der Waals surface area contributed by atoms with Crippen LogP contribution in [0.2, 0.25) is 0 Å². The van der Waals surface area contributed by atoms with Gasteiger partial charge in [0.2, 0.25) is 0 Å². The van der Waals surface area contributed by atoms with E-state index in [0.717, 1.165) is 19.6 Å². The van der Waals surface area contributed by atoms with E-state index in [4.69, 9.17) is 4.74 Å². The Bertz CT molecular complexity index is 3420. The van der Waals surface area contributed by atoms with E-state index in [-0.39, 0.29) is 97.5 Å². The molecule has 34 nitrogen and oxygen atoms in total. The van der Waals surface area contributed by atoms with E-state index in [0.29, 0.717) is 0 Å². The van der Waals surface area contributed by atoms with Crippen molar-refractivity contribution in [3.8, 4) is 0 Å². The van der Waals surface area contributed by atoms with E-state index >= 15 is 4.79 Å². The Hall–Kier alpha value is -1.91. The largest absolute Gasteiger partial charge is 0.394 e. The maximum absolute atomic E-state index is 15.6. The number of rotatable bonds is 36. The molecule has 3 rings (SSSR count). The van der Waals surface area contributed by atoms with Crippen molar-refractivity contribution >= 4 is 251 Å². The molecule has 0 heterocycles. The fraction of sp³-hybridized carbons (Fsp3) is 0.518. The summed E-state index contributed by atoms with van der Waals surface area (Å²) in [5, 5.41) is 166. The normalized spacial score (nSPS) is 14.5. The molecule has 0 aliphatic carbocycles. The zero-order valence-electron chi connectivity index (χ0n) is 52.3. The van der Waals surface area contributed by atoms with Crippen LogP contribution < -0.4 is 26.6 Å². The van der Waals surface area contributed by atoms with E-state index in [1.54, 1.807) is 181 Å². The second-order valence-corrected chi connectivity index (χ2v) is 30.3. The summed E-state index contributed by atoms with van der Waals surface area (Å²) in [6, 6.07) is 0. The molecule has 0 fully saturated rings. The summed E-state index contributed by atoms with van der Waals surface area (Å²) in [7, 11) is 5.02. The highest BCUT2D eigenvalue weighted by molar-refractivity contribution is 14.1. The number of benzene rings is 3. The van der Waals surface area contributed by atoms with Gasteiger partial charge in [-0.05, 0) is 200 Å². The fourth-order valence-corrected chi connectivity index (χ4v) is 20.3. The number of anilines is 3. The number of halogens is 8. The molecule has 98 heavy (non-hydrogen) atoms. The Morgan fingerprint density at radius 1 is 0.408 bits per heavy atom. The summed E-state index contributed by atoms with van der Waals surface area (Å²) in [5.74, 6) is -9.21. The zero-order valence-corrected chi connectivity index (χ0v) is 69.5. The van der Waals surface area contributed by atoms with Crippen LogP contribution in [0, 0.1) is 35.5 Å². The average molecular weight is 2290 g/mol. The number of likely N-dealkylation sites (N-methyl/N-ethyl adjacent to an activating group) is 3. The van der Waals surface area contributed by atoms with Gasteiger partial charge in [0, 0.05) is 84.8 Å². The number of amides is 9. The summed E-state index contributed by atoms with van der Waals surface area (Å²) < 4.78 is 4.65. The quantitative estimate of drug-likeness (QED) is 0.0201. The van der Waals surface area contributed by atoms with E-state index < -0.39 is 193 Å². The molecule has 10 atom stereocenters. The number of aliphatic hydroxyl groups excluding tert-OH is 15. The summed E-state index contributed by atoms with van der Waals surface area (Å²) in [6.07, 6.45) is -18.6. The van der Waals surface area contributed by atoms with Gasteiger partial charge in [0.15, 0.2) is 18.3 Å². The zero-order chi connectivity index (χ0) is 74.8. The van der Waals surface area contributed by atoms with Crippen LogP contribution in [0.5, 0.6) is 0 Å². The molecular weight excluding hydrogens is 2210 g/mol. The molecule has 0 aliphatic heterocycles. The Kier molecular flexibility index (Phi) is 39.0. The molecule has 0 aromatic heterocycles. The maximum Gasteiger partial charge on any atom is 0.256 e. The number of nitrogens with zero attached hydrogens (tertiary/aromatic N) is 4. The maximum atomic E-state index is 15.6. The highest BCUT2D eigenvalue weighted by Crippen LogP contribution is 2.40. The molecule has 9 amide bonds. The van der Waals surface area contributed by atoms with Crippen LogP contribution in [-0.2, 0) is 19.1 Å². The van der Waals surface area contributed by atoms with Crippen molar-refractivity contribution in [2.75, 3.05) is 130 Å². The van der Waals surface area contributed by atoms with Crippen LogP contribution in [-0.4, -0.2) is 324 Å². The number of carbonyl (C=O) groups is 9. The Morgan fingerprint density at radius 2 is 0.735 bits per heavy atom. The molecule has 0 saturated heterocycles. The standard InChI is InChI=1S/C56H73I8N9O25/c1-20-28(34(57)31(53(94)70(2)10-22(80)14-74)39(62)42(20)67-50(91)45(86)25(83)17-77)56(97)73(8-6-7-65-48(89)29-35(58)32(54(95)71(3)11-23(81)15-75)40(63)43(37(29)60)69-52(93)47(88)27(85)19-98-5)13-21(79)9-66-49(90)30-36(59)33(55(96)72(4)12-24(82)16-76)41(64)44(38(30)61)68-51(92)46(87)26(84)18-78/h21-27,45-47,74-88H,6-19H2,1-5H3,(H,65,89)(H,66,90)(H,67,91)(H,68,92)(H,69,93). The first-order valence-corrected chi connectivity index (χ1v) is 37.2. The molecule has 0 saturated carbocycles. The third kappa shape index (κ3) is 23.3. The van der Waals surface area contributed by atoms with Gasteiger partial charge in [0.25, 0.3) is 53.2 Å². The molecule has 0 aliphatic rings. The third-order valence-electron chi connectivity index (χ3n) is 14.2. The lowest BCUT2D eigenvalue weighted by Crippen LogP contribution is -2.45. The third-order valence-corrected chi connectivity index (χ3v) is 22.8. The average Bonchev–Trinajstić information content (AvgIpc) is 0.783. The molecule has 3 aromatic carbocycles. The van der Waals surface area contributed by atoms with Crippen LogP contribution in [0.3, 0.4) is 0 Å². The first-order valence-electron chi connectivity index (χ1n) is 28.6. The topological polar surface area (TPSA) is 539 Å². The number of hydrogen-bond acceptors (Lipinski definition) is 25. The molecule has 0 radical (unpaired) electrons. The first kappa shape index (κ1) is 90.3. The van der Waals surface area contributed by atoms with Crippen molar-refractivity contribution in [2.24, 2.45) is 0 Å². The first-order chi connectivity index (χ1) is 45.8. The fourth-order valence-electron chi connectivity index (χ4n) is 8.85. The summed E-state index contributed by atoms with van der Waals surface area (Å²) >= 11 is 13.5. The van der Waals surface area contributed by atoms with Crippen molar-refractivity contribution in [2.45, 2.75) is 74.4 Å². The van der Waals surface area contributed by atoms with Gasteiger partial charge in [0.05, 0.1) is 132 Å². The lowest BCUT2D eigenvalue weighted by molar-refractivity contribution is -0.132. The van der Waals surface area contributed by atoms with E-state index in [1.807, 2.05) is 0 Å². The van der Waals surface area contributed by atoms with Crippen LogP contribution in [0.4, 0.5) is 17.1 Å². The predicted molar refractivity (Wildman–Crippen MR) is 415 cm³/mol. The van der Waals surface area contributed by atoms with E-state index in [9.17, 15) is 115 Å². The second kappa shape index (κ2) is 42.3. The van der Waals surface area contributed by atoms with Crippen molar-refractivity contribution in [3.63, 3.8) is 0 Å². The predicted octanol–water partition coefficient (Wildman–Crippen LogP) is -3.23.